The highest BCUT2D eigenvalue weighted by molar-refractivity contribution is 5.57. The summed E-state index contributed by atoms with van der Waals surface area (Å²) in [6.45, 7) is 1.01. The molecule has 1 aliphatic rings. The summed E-state index contributed by atoms with van der Waals surface area (Å²) in [5.41, 5.74) is 2.30. The topological polar surface area (TPSA) is 3.24 Å². The van der Waals surface area contributed by atoms with Crippen LogP contribution in [0.2, 0.25) is 0 Å². The molecular weight excluding hydrogens is 141 g/mol. The lowest BCUT2D eigenvalue weighted by atomic mass is 10.2. The first-order chi connectivity index (χ1) is 5.27. The van der Waals surface area contributed by atoms with Crippen LogP contribution in [0.4, 0.5) is 10.1 Å². The average molecular weight is 151 g/mol. The Morgan fingerprint density at radius 3 is 3.09 bits per heavy atom. The number of hydrogen-bond donors (Lipinski definition) is 0. The van der Waals surface area contributed by atoms with Crippen molar-refractivity contribution >= 4 is 5.69 Å². The summed E-state index contributed by atoms with van der Waals surface area (Å²) in [6, 6.07) is 4.99. The molecule has 0 radical (unpaired) electrons. The third kappa shape index (κ3) is 0.985. The molecular formula is C9H10FN. The van der Waals surface area contributed by atoms with E-state index in [1.165, 1.54) is 11.6 Å². The van der Waals surface area contributed by atoms with Crippen molar-refractivity contribution in [3.05, 3.63) is 29.6 Å². The molecule has 2 heteroatoms. The maximum absolute atomic E-state index is 12.7. The molecule has 0 amide bonds. The van der Waals surface area contributed by atoms with E-state index in [0.717, 1.165) is 18.7 Å². The van der Waals surface area contributed by atoms with E-state index in [0.29, 0.717) is 0 Å². The van der Waals surface area contributed by atoms with Gasteiger partial charge < -0.3 is 4.90 Å². The number of benzene rings is 1. The highest BCUT2D eigenvalue weighted by Crippen LogP contribution is 2.26. The Morgan fingerprint density at radius 1 is 1.45 bits per heavy atom. The number of rotatable bonds is 0. The zero-order valence-corrected chi connectivity index (χ0v) is 6.47. The summed E-state index contributed by atoms with van der Waals surface area (Å²) in [6.07, 6.45) is 1.05. The van der Waals surface area contributed by atoms with Crippen LogP contribution in [0.1, 0.15) is 5.56 Å². The summed E-state index contributed by atoms with van der Waals surface area (Å²) in [5.74, 6) is -0.141. The lowest BCUT2D eigenvalue weighted by Crippen LogP contribution is -2.12. The van der Waals surface area contributed by atoms with Crippen molar-refractivity contribution < 1.29 is 4.39 Å². The van der Waals surface area contributed by atoms with Gasteiger partial charge in [-0.1, -0.05) is 6.07 Å². The Hall–Kier alpha value is -1.05. The van der Waals surface area contributed by atoms with E-state index < -0.39 is 0 Å². The summed E-state index contributed by atoms with van der Waals surface area (Å²) >= 11 is 0. The standard InChI is InChI=1S/C9H10FN/c1-11-5-4-7-2-3-8(10)6-9(7)11/h2-3,6H,4-5H2,1H3. The van der Waals surface area contributed by atoms with E-state index in [4.69, 9.17) is 0 Å². The van der Waals surface area contributed by atoms with Gasteiger partial charge in [-0.25, -0.2) is 4.39 Å². The van der Waals surface area contributed by atoms with Crippen LogP contribution >= 0.6 is 0 Å². The maximum atomic E-state index is 12.7. The van der Waals surface area contributed by atoms with E-state index >= 15 is 0 Å². The number of hydrogen-bond acceptors (Lipinski definition) is 1. The molecule has 0 spiro atoms. The minimum absolute atomic E-state index is 0.141. The quantitative estimate of drug-likeness (QED) is 0.546. The summed E-state index contributed by atoms with van der Waals surface area (Å²) in [7, 11) is 1.99. The molecule has 58 valence electrons. The molecule has 1 aromatic rings. The molecule has 0 atom stereocenters. The number of likely N-dealkylation sites (N-methyl/N-ethyl adjacent to an activating group) is 1. The van der Waals surface area contributed by atoms with Crippen LogP contribution in [0, 0.1) is 5.82 Å². The lowest BCUT2D eigenvalue weighted by Gasteiger charge is -2.10. The van der Waals surface area contributed by atoms with Gasteiger partial charge in [0.25, 0.3) is 0 Å². The SMILES string of the molecule is CN1CCc2ccc(F)cc21. The van der Waals surface area contributed by atoms with Gasteiger partial charge in [0, 0.05) is 19.3 Å². The smallest absolute Gasteiger partial charge is 0.125 e. The molecule has 1 aromatic carbocycles. The molecule has 2 rings (SSSR count). The van der Waals surface area contributed by atoms with Crippen LogP contribution in [0.5, 0.6) is 0 Å². The van der Waals surface area contributed by atoms with Crippen molar-refractivity contribution in [2.75, 3.05) is 18.5 Å². The molecule has 1 aliphatic heterocycles. The first kappa shape index (κ1) is 6.65. The molecule has 0 N–H and O–H groups in total. The van der Waals surface area contributed by atoms with Gasteiger partial charge in [-0.15, -0.1) is 0 Å². The van der Waals surface area contributed by atoms with E-state index in [1.807, 2.05) is 13.1 Å². The van der Waals surface area contributed by atoms with Crippen LogP contribution in [0.15, 0.2) is 18.2 Å². The van der Waals surface area contributed by atoms with Gasteiger partial charge in [0.05, 0.1) is 0 Å². The molecule has 0 saturated heterocycles. The lowest BCUT2D eigenvalue weighted by molar-refractivity contribution is 0.627. The first-order valence-corrected chi connectivity index (χ1v) is 3.77. The number of halogens is 1. The van der Waals surface area contributed by atoms with Crippen LogP contribution in [0.3, 0.4) is 0 Å². The second-order valence-electron chi connectivity index (χ2n) is 2.94. The molecule has 0 aromatic heterocycles. The Bertz CT molecular complexity index is 283. The Morgan fingerprint density at radius 2 is 2.27 bits per heavy atom. The summed E-state index contributed by atoms with van der Waals surface area (Å²) < 4.78 is 12.7. The highest BCUT2D eigenvalue weighted by atomic mass is 19.1. The van der Waals surface area contributed by atoms with E-state index in [-0.39, 0.29) is 5.82 Å². The third-order valence-electron chi connectivity index (χ3n) is 2.18. The fourth-order valence-electron chi connectivity index (χ4n) is 1.51. The number of anilines is 1. The van der Waals surface area contributed by atoms with Gasteiger partial charge in [-0.2, -0.15) is 0 Å². The van der Waals surface area contributed by atoms with Gasteiger partial charge >= 0.3 is 0 Å². The van der Waals surface area contributed by atoms with Crippen LogP contribution < -0.4 is 4.90 Å². The third-order valence-corrected chi connectivity index (χ3v) is 2.18. The second kappa shape index (κ2) is 2.22. The molecule has 1 nitrogen and oxygen atoms in total. The van der Waals surface area contributed by atoms with Crippen molar-refractivity contribution in [1.82, 2.24) is 0 Å². The summed E-state index contributed by atoms with van der Waals surface area (Å²) in [4.78, 5) is 2.08. The number of nitrogens with zero attached hydrogens (tertiary/aromatic N) is 1. The predicted octanol–water partition coefficient (Wildman–Crippen LogP) is 1.82. The molecule has 0 aliphatic carbocycles. The van der Waals surface area contributed by atoms with E-state index in [2.05, 4.69) is 4.90 Å². The Balaban J connectivity index is 2.52. The zero-order chi connectivity index (χ0) is 7.84. The van der Waals surface area contributed by atoms with Crippen LogP contribution in [-0.4, -0.2) is 13.6 Å². The first-order valence-electron chi connectivity index (χ1n) is 3.77. The molecule has 0 saturated carbocycles. The van der Waals surface area contributed by atoms with Gasteiger partial charge in [0.2, 0.25) is 0 Å². The minimum atomic E-state index is -0.141. The Kier molecular flexibility index (Phi) is 1.34. The summed E-state index contributed by atoms with van der Waals surface area (Å²) in [5, 5.41) is 0. The molecule has 1 heterocycles. The molecule has 11 heavy (non-hydrogen) atoms. The van der Waals surface area contributed by atoms with Gasteiger partial charge in [0.15, 0.2) is 0 Å². The van der Waals surface area contributed by atoms with Gasteiger partial charge in [-0.05, 0) is 24.1 Å². The Labute approximate surface area is 65.4 Å². The van der Waals surface area contributed by atoms with Crippen LogP contribution in [0.25, 0.3) is 0 Å². The van der Waals surface area contributed by atoms with Gasteiger partial charge in [0.1, 0.15) is 5.82 Å². The van der Waals surface area contributed by atoms with Crippen molar-refractivity contribution in [3.63, 3.8) is 0 Å². The fourth-order valence-corrected chi connectivity index (χ4v) is 1.51. The molecule has 0 bridgehead atoms. The highest BCUT2D eigenvalue weighted by Gasteiger charge is 2.15. The molecule has 0 fully saturated rings. The number of fused-ring (bicyclic) bond motifs is 1. The van der Waals surface area contributed by atoms with Crippen molar-refractivity contribution in [2.24, 2.45) is 0 Å². The normalized spacial score (nSPS) is 15.3. The zero-order valence-electron chi connectivity index (χ0n) is 6.47. The van der Waals surface area contributed by atoms with Gasteiger partial charge in [-0.3, -0.25) is 0 Å². The van der Waals surface area contributed by atoms with E-state index in [1.54, 1.807) is 6.07 Å². The molecule has 0 unspecified atom stereocenters. The average Bonchev–Trinajstić information content (AvgIpc) is 2.33. The monoisotopic (exact) mass is 151 g/mol. The van der Waals surface area contributed by atoms with Crippen LogP contribution in [-0.2, 0) is 6.42 Å². The largest absolute Gasteiger partial charge is 0.374 e. The fraction of sp³-hybridized carbons (Fsp3) is 0.333. The van der Waals surface area contributed by atoms with E-state index in [9.17, 15) is 4.39 Å². The maximum Gasteiger partial charge on any atom is 0.125 e. The minimum Gasteiger partial charge on any atom is -0.374 e. The van der Waals surface area contributed by atoms with Crippen molar-refractivity contribution in [2.45, 2.75) is 6.42 Å². The van der Waals surface area contributed by atoms with Crippen molar-refractivity contribution in [3.8, 4) is 0 Å². The predicted molar refractivity (Wildman–Crippen MR) is 43.4 cm³/mol. The second-order valence-corrected chi connectivity index (χ2v) is 2.94. The van der Waals surface area contributed by atoms with Crippen molar-refractivity contribution in [1.29, 1.82) is 0 Å².